The molecule has 3 aromatic carbocycles. The largest absolute Gasteiger partial charge is 0.497 e. The van der Waals surface area contributed by atoms with Crippen LogP contribution in [0.3, 0.4) is 0 Å². The second-order valence-electron chi connectivity index (χ2n) is 7.17. The zero-order valence-corrected chi connectivity index (χ0v) is 19.7. The first-order chi connectivity index (χ1) is 15.8. The van der Waals surface area contributed by atoms with Gasteiger partial charge in [-0.15, -0.1) is 0 Å². The molecular formula is C24H26N2O6S. The van der Waals surface area contributed by atoms with Crippen LogP contribution in [0.2, 0.25) is 0 Å². The first-order valence-electron chi connectivity index (χ1n) is 10.0. The van der Waals surface area contributed by atoms with Crippen molar-refractivity contribution in [2.75, 3.05) is 26.1 Å². The first kappa shape index (κ1) is 23.9. The van der Waals surface area contributed by atoms with E-state index in [-0.39, 0.29) is 17.0 Å². The van der Waals surface area contributed by atoms with Crippen molar-refractivity contribution in [1.29, 1.82) is 0 Å². The van der Waals surface area contributed by atoms with E-state index in [4.69, 9.17) is 14.2 Å². The van der Waals surface area contributed by atoms with E-state index in [0.717, 1.165) is 5.56 Å². The Morgan fingerprint density at radius 1 is 0.848 bits per heavy atom. The molecule has 0 fully saturated rings. The fourth-order valence-corrected chi connectivity index (χ4v) is 4.24. The third kappa shape index (κ3) is 5.75. The number of sulfonamides is 1. The molecule has 0 saturated carbocycles. The SMILES string of the molecule is COc1ccc(NS(=O)(=O)c2ccc(C)c(C(=O)NCc3ccc(OC)cc3OC)c2)cc1. The lowest BCUT2D eigenvalue weighted by Crippen LogP contribution is -2.24. The summed E-state index contributed by atoms with van der Waals surface area (Å²) in [5.41, 5.74) is 2.06. The molecule has 0 unspecified atom stereocenters. The van der Waals surface area contributed by atoms with E-state index >= 15 is 0 Å². The van der Waals surface area contributed by atoms with Gasteiger partial charge in [-0.05, 0) is 61.0 Å². The number of nitrogens with one attached hydrogen (secondary N) is 2. The topological polar surface area (TPSA) is 103 Å². The van der Waals surface area contributed by atoms with Gasteiger partial charge in [0.25, 0.3) is 15.9 Å². The van der Waals surface area contributed by atoms with Gasteiger partial charge in [-0.1, -0.05) is 6.07 Å². The van der Waals surface area contributed by atoms with Gasteiger partial charge < -0.3 is 19.5 Å². The average molecular weight is 471 g/mol. The smallest absolute Gasteiger partial charge is 0.261 e. The van der Waals surface area contributed by atoms with Crippen molar-refractivity contribution >= 4 is 21.6 Å². The fourth-order valence-electron chi connectivity index (χ4n) is 3.15. The number of aryl methyl sites for hydroxylation is 1. The summed E-state index contributed by atoms with van der Waals surface area (Å²) in [6.07, 6.45) is 0. The van der Waals surface area contributed by atoms with E-state index in [1.165, 1.54) is 26.4 Å². The highest BCUT2D eigenvalue weighted by atomic mass is 32.2. The van der Waals surface area contributed by atoms with Crippen molar-refractivity contribution < 1.29 is 27.4 Å². The van der Waals surface area contributed by atoms with Crippen LogP contribution in [0.4, 0.5) is 5.69 Å². The fraction of sp³-hybridized carbons (Fsp3) is 0.208. The monoisotopic (exact) mass is 470 g/mol. The molecule has 174 valence electrons. The molecule has 0 aliphatic heterocycles. The Bertz CT molecular complexity index is 1240. The number of carbonyl (C=O) groups is 1. The highest BCUT2D eigenvalue weighted by Crippen LogP contribution is 2.25. The van der Waals surface area contributed by atoms with Crippen LogP contribution in [0.15, 0.2) is 65.6 Å². The first-order valence-corrected chi connectivity index (χ1v) is 11.5. The Balaban J connectivity index is 1.78. The molecule has 0 spiro atoms. The van der Waals surface area contributed by atoms with Gasteiger partial charge in [-0.25, -0.2) is 8.42 Å². The van der Waals surface area contributed by atoms with Gasteiger partial charge in [-0.2, -0.15) is 0 Å². The summed E-state index contributed by atoms with van der Waals surface area (Å²) in [5.74, 6) is 1.43. The third-order valence-corrected chi connectivity index (χ3v) is 6.42. The number of ether oxygens (including phenoxy) is 3. The maximum absolute atomic E-state index is 12.9. The number of rotatable bonds is 9. The minimum atomic E-state index is -3.90. The Hall–Kier alpha value is -3.72. The molecule has 0 aliphatic carbocycles. The van der Waals surface area contributed by atoms with Crippen LogP contribution in [0.1, 0.15) is 21.5 Å². The summed E-state index contributed by atoms with van der Waals surface area (Å²) in [7, 11) is 0.730. The molecule has 1 amide bonds. The van der Waals surface area contributed by atoms with Crippen molar-refractivity contribution in [1.82, 2.24) is 5.32 Å². The van der Waals surface area contributed by atoms with Gasteiger partial charge in [0.1, 0.15) is 17.2 Å². The van der Waals surface area contributed by atoms with Crippen LogP contribution in [-0.2, 0) is 16.6 Å². The average Bonchev–Trinajstić information content (AvgIpc) is 2.82. The van der Waals surface area contributed by atoms with Gasteiger partial charge in [0.05, 0.1) is 26.2 Å². The molecular weight excluding hydrogens is 444 g/mol. The van der Waals surface area contributed by atoms with Crippen molar-refractivity contribution in [3.05, 3.63) is 77.4 Å². The molecule has 3 aromatic rings. The molecule has 0 heterocycles. The van der Waals surface area contributed by atoms with E-state index in [2.05, 4.69) is 10.0 Å². The van der Waals surface area contributed by atoms with Crippen LogP contribution in [-0.4, -0.2) is 35.7 Å². The van der Waals surface area contributed by atoms with E-state index < -0.39 is 15.9 Å². The zero-order chi connectivity index (χ0) is 24.0. The maximum atomic E-state index is 12.9. The van der Waals surface area contributed by atoms with Gasteiger partial charge in [0.15, 0.2) is 0 Å². The summed E-state index contributed by atoms with van der Waals surface area (Å²) in [6, 6.07) is 16.2. The zero-order valence-electron chi connectivity index (χ0n) is 18.8. The lowest BCUT2D eigenvalue weighted by atomic mass is 10.1. The second-order valence-corrected chi connectivity index (χ2v) is 8.85. The number of amides is 1. The second kappa shape index (κ2) is 10.3. The van der Waals surface area contributed by atoms with Gasteiger partial charge in [-0.3, -0.25) is 9.52 Å². The number of benzene rings is 3. The minimum Gasteiger partial charge on any atom is -0.497 e. The quantitative estimate of drug-likeness (QED) is 0.494. The summed E-state index contributed by atoms with van der Waals surface area (Å²) in [5, 5.41) is 2.82. The van der Waals surface area contributed by atoms with Crippen molar-refractivity contribution in [3.63, 3.8) is 0 Å². The predicted octanol–water partition coefficient (Wildman–Crippen LogP) is 3.75. The number of anilines is 1. The van der Waals surface area contributed by atoms with Crippen molar-refractivity contribution in [2.24, 2.45) is 0 Å². The number of methoxy groups -OCH3 is 3. The molecule has 2 N–H and O–H groups in total. The van der Waals surface area contributed by atoms with Gasteiger partial charge in [0.2, 0.25) is 0 Å². The third-order valence-electron chi connectivity index (χ3n) is 5.04. The molecule has 0 bridgehead atoms. The Kier molecular flexibility index (Phi) is 7.44. The lowest BCUT2D eigenvalue weighted by molar-refractivity contribution is 0.0950. The predicted molar refractivity (Wildman–Crippen MR) is 126 cm³/mol. The van der Waals surface area contributed by atoms with E-state index in [1.54, 1.807) is 62.6 Å². The van der Waals surface area contributed by atoms with Crippen molar-refractivity contribution in [2.45, 2.75) is 18.4 Å². The Labute approximate surface area is 193 Å². The standard InChI is InChI=1S/C24H26N2O6S/c1-16-5-12-21(33(28,29)26-18-7-10-19(30-2)11-8-18)14-22(16)24(27)25-15-17-6-9-20(31-3)13-23(17)32-4/h5-14,26H,15H2,1-4H3,(H,25,27). The molecule has 0 aromatic heterocycles. The van der Waals surface area contributed by atoms with Gasteiger partial charge >= 0.3 is 0 Å². The summed E-state index contributed by atoms with van der Waals surface area (Å²) in [4.78, 5) is 12.8. The Morgan fingerprint density at radius 2 is 1.52 bits per heavy atom. The van der Waals surface area contributed by atoms with Crippen LogP contribution in [0.25, 0.3) is 0 Å². The molecule has 33 heavy (non-hydrogen) atoms. The molecule has 9 heteroatoms. The highest BCUT2D eigenvalue weighted by Gasteiger charge is 2.19. The summed E-state index contributed by atoms with van der Waals surface area (Å²) < 4.78 is 43.9. The molecule has 3 rings (SSSR count). The van der Waals surface area contributed by atoms with E-state index in [1.807, 2.05) is 0 Å². The summed E-state index contributed by atoms with van der Waals surface area (Å²) in [6.45, 7) is 1.95. The maximum Gasteiger partial charge on any atom is 0.261 e. The molecule has 0 atom stereocenters. The lowest BCUT2D eigenvalue weighted by Gasteiger charge is -2.13. The van der Waals surface area contributed by atoms with E-state index in [9.17, 15) is 13.2 Å². The van der Waals surface area contributed by atoms with Crippen LogP contribution < -0.4 is 24.2 Å². The molecule has 0 aliphatic rings. The molecule has 0 saturated heterocycles. The normalized spacial score (nSPS) is 10.9. The molecule has 0 radical (unpaired) electrons. The van der Waals surface area contributed by atoms with Crippen LogP contribution >= 0.6 is 0 Å². The molecule has 8 nitrogen and oxygen atoms in total. The van der Waals surface area contributed by atoms with Crippen LogP contribution in [0, 0.1) is 6.92 Å². The number of hydrogen-bond donors (Lipinski definition) is 2. The highest BCUT2D eigenvalue weighted by molar-refractivity contribution is 7.92. The minimum absolute atomic E-state index is 0.0175. The van der Waals surface area contributed by atoms with E-state index in [0.29, 0.717) is 28.5 Å². The Morgan fingerprint density at radius 3 is 2.15 bits per heavy atom. The number of hydrogen-bond acceptors (Lipinski definition) is 6. The van der Waals surface area contributed by atoms with Crippen LogP contribution in [0.5, 0.6) is 17.2 Å². The summed E-state index contributed by atoms with van der Waals surface area (Å²) >= 11 is 0. The van der Waals surface area contributed by atoms with Crippen molar-refractivity contribution in [3.8, 4) is 17.2 Å². The van der Waals surface area contributed by atoms with Gasteiger partial charge in [0, 0.05) is 29.4 Å². The number of carbonyl (C=O) groups excluding carboxylic acids is 1.